The van der Waals surface area contributed by atoms with E-state index in [1.807, 2.05) is 0 Å². The molecule has 1 saturated heterocycles. The van der Waals surface area contributed by atoms with Crippen molar-refractivity contribution in [1.82, 2.24) is 4.90 Å². The molecule has 1 aromatic carbocycles. The molecule has 0 saturated carbocycles. The first-order chi connectivity index (χ1) is 9.96. The third kappa shape index (κ3) is 1.91. The molecule has 0 radical (unpaired) electrons. The SMILES string of the molecule is CN1C(=O)C(O)(N2CCOCC2)c2cc([N+](=O)[O-])ccc21. The van der Waals surface area contributed by atoms with E-state index in [-0.39, 0.29) is 11.3 Å². The van der Waals surface area contributed by atoms with Crippen LogP contribution < -0.4 is 4.90 Å². The Morgan fingerprint density at radius 1 is 1.38 bits per heavy atom. The van der Waals surface area contributed by atoms with Gasteiger partial charge in [0.25, 0.3) is 11.6 Å². The Hall–Kier alpha value is -2.03. The van der Waals surface area contributed by atoms with Crippen LogP contribution in [0.3, 0.4) is 0 Å². The number of nitro groups is 1. The fourth-order valence-corrected chi connectivity index (χ4v) is 2.86. The van der Waals surface area contributed by atoms with E-state index in [0.29, 0.717) is 32.0 Å². The minimum absolute atomic E-state index is 0.150. The van der Waals surface area contributed by atoms with Gasteiger partial charge in [-0.15, -0.1) is 0 Å². The average molecular weight is 293 g/mol. The molecule has 1 unspecified atom stereocenters. The summed E-state index contributed by atoms with van der Waals surface area (Å²) in [5.41, 5.74) is -1.27. The number of hydrogen-bond donors (Lipinski definition) is 1. The minimum Gasteiger partial charge on any atom is -0.379 e. The van der Waals surface area contributed by atoms with Crippen LogP contribution in [0, 0.1) is 10.1 Å². The number of hydrogen-bond acceptors (Lipinski definition) is 6. The summed E-state index contributed by atoms with van der Waals surface area (Å²) in [5.74, 6) is -0.500. The number of rotatable bonds is 2. The first-order valence-electron chi connectivity index (χ1n) is 6.58. The second-order valence-corrected chi connectivity index (χ2v) is 5.09. The first kappa shape index (κ1) is 13.9. The third-order valence-corrected chi connectivity index (χ3v) is 4.00. The van der Waals surface area contributed by atoms with Gasteiger partial charge in [0.15, 0.2) is 0 Å². The Morgan fingerprint density at radius 2 is 2.05 bits per heavy atom. The number of aliphatic hydroxyl groups is 1. The Labute approximate surface area is 120 Å². The highest BCUT2D eigenvalue weighted by Gasteiger charge is 2.53. The summed E-state index contributed by atoms with van der Waals surface area (Å²) in [7, 11) is 1.55. The van der Waals surface area contributed by atoms with E-state index < -0.39 is 16.6 Å². The van der Waals surface area contributed by atoms with Crippen LogP contribution in [0.5, 0.6) is 0 Å². The number of non-ortho nitro benzene ring substituents is 1. The molecule has 1 fully saturated rings. The van der Waals surface area contributed by atoms with E-state index in [1.54, 1.807) is 11.9 Å². The average Bonchev–Trinajstić information content (AvgIpc) is 2.70. The zero-order valence-electron chi connectivity index (χ0n) is 11.5. The Morgan fingerprint density at radius 3 is 2.67 bits per heavy atom. The van der Waals surface area contributed by atoms with E-state index in [2.05, 4.69) is 0 Å². The van der Waals surface area contributed by atoms with Crippen molar-refractivity contribution < 1.29 is 19.6 Å². The highest BCUT2D eigenvalue weighted by atomic mass is 16.6. The van der Waals surface area contributed by atoms with Crippen molar-refractivity contribution in [2.24, 2.45) is 0 Å². The van der Waals surface area contributed by atoms with Crippen LogP contribution in [0.25, 0.3) is 0 Å². The largest absolute Gasteiger partial charge is 0.379 e. The van der Waals surface area contributed by atoms with E-state index in [9.17, 15) is 20.0 Å². The van der Waals surface area contributed by atoms with Gasteiger partial charge in [-0.3, -0.25) is 19.8 Å². The fourth-order valence-electron chi connectivity index (χ4n) is 2.86. The lowest BCUT2D eigenvalue weighted by atomic mass is 10.0. The number of ether oxygens (including phenoxy) is 1. The van der Waals surface area contributed by atoms with Crippen LogP contribution in [0.15, 0.2) is 18.2 Å². The lowest BCUT2D eigenvalue weighted by Crippen LogP contribution is -2.56. The summed E-state index contributed by atoms with van der Waals surface area (Å²) in [6.45, 7) is 1.59. The molecule has 21 heavy (non-hydrogen) atoms. The lowest BCUT2D eigenvalue weighted by molar-refractivity contribution is -0.385. The summed E-state index contributed by atoms with van der Waals surface area (Å²) in [6, 6.07) is 4.09. The number of anilines is 1. The van der Waals surface area contributed by atoms with Crippen molar-refractivity contribution in [3.63, 3.8) is 0 Å². The number of carbonyl (C=O) groups excluding carboxylic acids is 1. The van der Waals surface area contributed by atoms with Crippen LogP contribution in [0.1, 0.15) is 5.56 Å². The molecule has 0 bridgehead atoms. The topological polar surface area (TPSA) is 96.2 Å². The molecular weight excluding hydrogens is 278 g/mol. The van der Waals surface area contributed by atoms with Gasteiger partial charge >= 0.3 is 0 Å². The first-order valence-corrected chi connectivity index (χ1v) is 6.58. The molecule has 112 valence electrons. The number of morpholine rings is 1. The molecule has 1 atom stereocenters. The number of carbonyl (C=O) groups is 1. The van der Waals surface area contributed by atoms with Gasteiger partial charge in [-0.05, 0) is 6.07 Å². The van der Waals surface area contributed by atoms with Gasteiger partial charge in [0.05, 0.1) is 23.8 Å². The summed E-state index contributed by atoms with van der Waals surface area (Å²) in [6.07, 6.45) is 0. The van der Waals surface area contributed by atoms with E-state index in [1.165, 1.54) is 23.1 Å². The number of likely N-dealkylation sites (N-methyl/N-ethyl adjacent to an activating group) is 1. The van der Waals surface area contributed by atoms with Crippen molar-refractivity contribution in [3.8, 4) is 0 Å². The van der Waals surface area contributed by atoms with E-state index in [4.69, 9.17) is 4.74 Å². The molecule has 1 aromatic rings. The smallest absolute Gasteiger partial charge is 0.279 e. The van der Waals surface area contributed by atoms with Gasteiger partial charge in [-0.1, -0.05) is 0 Å². The second-order valence-electron chi connectivity index (χ2n) is 5.09. The fraction of sp³-hybridized carbons (Fsp3) is 0.462. The summed E-state index contributed by atoms with van der Waals surface area (Å²) < 4.78 is 5.23. The van der Waals surface area contributed by atoms with Crippen molar-refractivity contribution >= 4 is 17.3 Å². The molecule has 8 nitrogen and oxygen atoms in total. The van der Waals surface area contributed by atoms with Gasteiger partial charge < -0.3 is 14.7 Å². The lowest BCUT2D eigenvalue weighted by Gasteiger charge is -2.37. The van der Waals surface area contributed by atoms with Crippen molar-refractivity contribution in [3.05, 3.63) is 33.9 Å². The summed E-state index contributed by atoms with van der Waals surface area (Å²) in [4.78, 5) is 25.8. The number of nitrogens with zero attached hydrogens (tertiary/aromatic N) is 3. The number of fused-ring (bicyclic) bond motifs is 1. The Kier molecular flexibility index (Phi) is 3.16. The number of amides is 1. The molecule has 0 spiro atoms. The van der Waals surface area contributed by atoms with Crippen LogP contribution in [0.4, 0.5) is 11.4 Å². The molecule has 2 heterocycles. The third-order valence-electron chi connectivity index (χ3n) is 4.00. The summed E-state index contributed by atoms with van der Waals surface area (Å²) in [5, 5.41) is 21.9. The Bertz CT molecular complexity index is 614. The molecule has 1 N–H and O–H groups in total. The normalized spacial score (nSPS) is 26.0. The summed E-state index contributed by atoms with van der Waals surface area (Å²) >= 11 is 0. The molecule has 8 heteroatoms. The number of benzene rings is 1. The predicted octanol–water partition coefficient (Wildman–Crippen LogP) is 0.0485. The van der Waals surface area contributed by atoms with Gasteiger partial charge in [-0.25, -0.2) is 0 Å². The molecule has 1 amide bonds. The second kappa shape index (κ2) is 4.76. The standard InChI is InChI=1S/C13H15N3O5/c1-14-11-3-2-9(16(19)20)8-10(11)13(18,12(14)17)15-4-6-21-7-5-15/h2-3,8,18H,4-7H2,1H3. The van der Waals surface area contributed by atoms with Crippen LogP contribution in [0.2, 0.25) is 0 Å². The molecule has 2 aliphatic heterocycles. The predicted molar refractivity (Wildman–Crippen MR) is 72.8 cm³/mol. The van der Waals surface area contributed by atoms with Crippen molar-refractivity contribution in [1.29, 1.82) is 0 Å². The van der Waals surface area contributed by atoms with Gasteiger partial charge in [0, 0.05) is 37.8 Å². The molecule has 0 aliphatic carbocycles. The quantitative estimate of drug-likeness (QED) is 0.611. The van der Waals surface area contributed by atoms with Gasteiger partial charge in [0.2, 0.25) is 5.72 Å². The van der Waals surface area contributed by atoms with E-state index >= 15 is 0 Å². The maximum Gasteiger partial charge on any atom is 0.279 e. The van der Waals surface area contributed by atoms with Gasteiger partial charge in [-0.2, -0.15) is 0 Å². The number of nitro benzene ring substituents is 1. The van der Waals surface area contributed by atoms with Crippen molar-refractivity contribution in [2.75, 3.05) is 38.3 Å². The molecule has 2 aliphatic rings. The highest BCUT2D eigenvalue weighted by Crippen LogP contribution is 2.43. The molecule has 0 aromatic heterocycles. The van der Waals surface area contributed by atoms with Gasteiger partial charge in [0.1, 0.15) is 0 Å². The maximum atomic E-state index is 12.5. The zero-order chi connectivity index (χ0) is 15.2. The van der Waals surface area contributed by atoms with Crippen LogP contribution in [-0.4, -0.2) is 54.2 Å². The minimum atomic E-state index is -1.86. The monoisotopic (exact) mass is 293 g/mol. The Balaban J connectivity index is 2.12. The van der Waals surface area contributed by atoms with Crippen LogP contribution in [-0.2, 0) is 15.3 Å². The zero-order valence-corrected chi connectivity index (χ0v) is 11.5. The van der Waals surface area contributed by atoms with Crippen molar-refractivity contribution in [2.45, 2.75) is 5.72 Å². The van der Waals surface area contributed by atoms with E-state index in [0.717, 1.165) is 0 Å². The maximum absolute atomic E-state index is 12.5. The highest BCUT2D eigenvalue weighted by molar-refractivity contribution is 6.06. The molecule has 3 rings (SSSR count). The van der Waals surface area contributed by atoms with Crippen LogP contribution >= 0.6 is 0 Å². The molecular formula is C13H15N3O5.